The first kappa shape index (κ1) is 26.2. The quantitative estimate of drug-likeness (QED) is 0.188. The van der Waals surface area contributed by atoms with Gasteiger partial charge in [0, 0.05) is 26.4 Å². The Morgan fingerprint density at radius 2 is 1.94 bits per heavy atom. The van der Waals surface area contributed by atoms with Crippen LogP contribution in [0.25, 0.3) is 0 Å². The molecule has 0 aliphatic rings. The van der Waals surface area contributed by atoms with E-state index in [1.54, 1.807) is 30.3 Å². The number of hydrogen-bond acceptors (Lipinski definition) is 5. The number of allylic oxidation sites excluding steroid dienone is 1. The molecule has 2 aromatic carbocycles. The van der Waals surface area contributed by atoms with Crippen LogP contribution in [0.2, 0.25) is 5.02 Å². The van der Waals surface area contributed by atoms with Crippen LogP contribution in [-0.2, 0) is 11.3 Å². The van der Waals surface area contributed by atoms with Gasteiger partial charge in [0.25, 0.3) is 5.91 Å². The lowest BCUT2D eigenvalue weighted by molar-refractivity contribution is -0.113. The molecular weight excluding hydrogens is 585 g/mol. The highest BCUT2D eigenvalue weighted by Crippen LogP contribution is 2.25. The van der Waals surface area contributed by atoms with Crippen molar-refractivity contribution in [3.8, 4) is 0 Å². The lowest BCUT2D eigenvalue weighted by atomic mass is 10.1. The minimum absolute atomic E-state index is 0.130. The molecule has 34 heavy (non-hydrogen) atoms. The van der Waals surface area contributed by atoms with Crippen molar-refractivity contribution in [2.24, 2.45) is 0 Å². The van der Waals surface area contributed by atoms with Gasteiger partial charge in [0.05, 0.1) is 11.8 Å². The van der Waals surface area contributed by atoms with Gasteiger partial charge in [0.1, 0.15) is 0 Å². The summed E-state index contributed by atoms with van der Waals surface area (Å²) in [5, 5.41) is 15.5. The summed E-state index contributed by atoms with van der Waals surface area (Å²) in [5.74, 6) is 0.348. The predicted molar refractivity (Wildman–Crippen MR) is 146 cm³/mol. The summed E-state index contributed by atoms with van der Waals surface area (Å²) < 4.78 is 2.97. The lowest BCUT2D eigenvalue weighted by Gasteiger charge is -2.15. The number of benzene rings is 2. The van der Waals surface area contributed by atoms with Crippen LogP contribution in [-0.4, -0.2) is 32.3 Å². The fourth-order valence-corrected chi connectivity index (χ4v) is 5.29. The number of aryl methyl sites for hydroxylation is 2. The molecule has 7 nitrogen and oxygen atoms in total. The van der Waals surface area contributed by atoms with Crippen LogP contribution in [0.5, 0.6) is 0 Å². The van der Waals surface area contributed by atoms with E-state index >= 15 is 0 Å². The summed E-state index contributed by atoms with van der Waals surface area (Å²) in [6, 6.07) is 10.4. The monoisotopic (exact) mass is 609 g/mol. The summed E-state index contributed by atoms with van der Waals surface area (Å²) in [5.41, 5.74) is 3.33. The van der Waals surface area contributed by atoms with Crippen molar-refractivity contribution in [2.45, 2.75) is 38.5 Å². The maximum absolute atomic E-state index is 12.6. The Hall–Kier alpha value is -2.37. The topological polar surface area (TPSA) is 88.9 Å². The Labute approximate surface area is 221 Å². The number of amides is 2. The molecule has 1 aromatic heterocycles. The highest BCUT2D eigenvalue weighted by Gasteiger charge is 2.21. The average molecular weight is 610 g/mol. The second-order valence-electron chi connectivity index (χ2n) is 7.70. The average Bonchev–Trinajstić information content (AvgIpc) is 3.17. The Morgan fingerprint density at radius 3 is 2.59 bits per heavy atom. The van der Waals surface area contributed by atoms with Gasteiger partial charge in [0.2, 0.25) is 5.91 Å². The summed E-state index contributed by atoms with van der Waals surface area (Å²) in [4.78, 5) is 25.3. The number of aromatic nitrogens is 3. The van der Waals surface area contributed by atoms with Crippen LogP contribution < -0.4 is 10.6 Å². The lowest BCUT2D eigenvalue weighted by Crippen LogP contribution is -2.28. The Kier molecular flexibility index (Phi) is 9.15. The van der Waals surface area contributed by atoms with E-state index in [1.165, 1.54) is 11.8 Å². The summed E-state index contributed by atoms with van der Waals surface area (Å²) in [6.45, 7) is 10.0. The molecule has 0 spiro atoms. The molecular formula is C24H25ClIN5O2S. The van der Waals surface area contributed by atoms with Crippen molar-refractivity contribution < 1.29 is 9.59 Å². The number of nitrogens with one attached hydrogen (secondary N) is 2. The molecule has 0 aliphatic heterocycles. The first-order valence-corrected chi connectivity index (χ1v) is 12.9. The summed E-state index contributed by atoms with van der Waals surface area (Å²) >= 11 is 9.54. The minimum atomic E-state index is -0.417. The second-order valence-corrected chi connectivity index (χ2v) is 10.3. The van der Waals surface area contributed by atoms with Crippen LogP contribution in [0, 0.1) is 17.4 Å². The molecule has 10 heteroatoms. The van der Waals surface area contributed by atoms with Gasteiger partial charge in [-0.3, -0.25) is 9.59 Å². The molecule has 1 heterocycles. The van der Waals surface area contributed by atoms with E-state index in [2.05, 4.69) is 50.0 Å². The maximum Gasteiger partial charge on any atom is 0.251 e. The third kappa shape index (κ3) is 6.61. The molecule has 1 atom stereocenters. The molecule has 1 unspecified atom stereocenters. The number of anilines is 1. The molecule has 0 saturated heterocycles. The first-order valence-electron chi connectivity index (χ1n) is 10.5. The highest BCUT2D eigenvalue weighted by molar-refractivity contribution is 14.1. The van der Waals surface area contributed by atoms with Crippen molar-refractivity contribution in [3.63, 3.8) is 0 Å². The molecule has 0 bridgehead atoms. The number of hydrogen-bond donors (Lipinski definition) is 2. The molecule has 0 saturated carbocycles. The van der Waals surface area contributed by atoms with E-state index in [0.717, 1.165) is 20.4 Å². The molecule has 3 aromatic rings. The van der Waals surface area contributed by atoms with Gasteiger partial charge in [-0.25, -0.2) is 0 Å². The van der Waals surface area contributed by atoms with Crippen LogP contribution in [0.1, 0.15) is 40.3 Å². The van der Waals surface area contributed by atoms with Crippen molar-refractivity contribution in [1.82, 2.24) is 20.1 Å². The largest absolute Gasteiger partial charge is 0.342 e. The van der Waals surface area contributed by atoms with E-state index in [-0.39, 0.29) is 17.6 Å². The Bertz CT molecular complexity index is 1210. The predicted octanol–water partition coefficient (Wildman–Crippen LogP) is 5.56. The Morgan fingerprint density at radius 1 is 1.24 bits per heavy atom. The molecule has 178 valence electrons. The Balaban J connectivity index is 1.69. The normalized spacial score (nSPS) is 11.7. The number of carbonyl (C=O) groups is 2. The van der Waals surface area contributed by atoms with E-state index in [4.69, 9.17) is 11.6 Å². The summed E-state index contributed by atoms with van der Waals surface area (Å²) in [7, 11) is 0. The first-order chi connectivity index (χ1) is 16.2. The van der Waals surface area contributed by atoms with Crippen LogP contribution in [0.15, 0.2) is 54.2 Å². The van der Waals surface area contributed by atoms with Gasteiger partial charge < -0.3 is 15.2 Å². The molecule has 3 rings (SSSR count). The molecule has 2 N–H and O–H groups in total. The third-order valence-electron chi connectivity index (χ3n) is 4.97. The fraction of sp³-hybridized carbons (Fsp3) is 0.250. The van der Waals surface area contributed by atoms with Crippen LogP contribution >= 0.6 is 46.0 Å². The van der Waals surface area contributed by atoms with Crippen molar-refractivity contribution in [3.05, 3.63) is 80.2 Å². The highest BCUT2D eigenvalue weighted by atomic mass is 127. The third-order valence-corrected chi connectivity index (χ3v) is 6.80. The standard InChI is InChI=1S/C24H25ClIN5O2S/c1-5-9-31-22(16(4)27-23(33)17-7-6-8-18(25)12-17)29-30-24(31)34-13-20(32)28-21-14(2)10-19(26)11-15(21)3/h5-8,10-12,16H,1,9,13H2,2-4H3,(H,27,33)(H,28,32). The van der Waals surface area contributed by atoms with Crippen LogP contribution in [0.3, 0.4) is 0 Å². The number of thioether (sulfide) groups is 1. The maximum atomic E-state index is 12.6. The van der Waals surface area contributed by atoms with Crippen LogP contribution in [0.4, 0.5) is 5.69 Å². The zero-order valence-electron chi connectivity index (χ0n) is 19.1. The van der Waals surface area contributed by atoms with E-state index < -0.39 is 6.04 Å². The zero-order valence-corrected chi connectivity index (χ0v) is 22.8. The van der Waals surface area contributed by atoms with Gasteiger partial charge in [-0.05, 0) is 84.8 Å². The van der Waals surface area contributed by atoms with Gasteiger partial charge in [-0.2, -0.15) is 0 Å². The van der Waals surface area contributed by atoms with Gasteiger partial charge in [-0.1, -0.05) is 35.5 Å². The SMILES string of the molecule is C=CCn1c(SCC(=O)Nc2c(C)cc(I)cc2C)nnc1C(C)NC(=O)c1cccc(Cl)c1. The number of carbonyl (C=O) groups excluding carboxylic acids is 2. The number of rotatable bonds is 9. The van der Waals surface area contributed by atoms with E-state index in [1.807, 2.05) is 37.5 Å². The number of halogens is 2. The van der Waals surface area contributed by atoms with E-state index in [9.17, 15) is 9.59 Å². The van der Waals surface area contributed by atoms with Crippen molar-refractivity contribution in [1.29, 1.82) is 0 Å². The smallest absolute Gasteiger partial charge is 0.251 e. The second kappa shape index (κ2) is 11.9. The zero-order chi connectivity index (χ0) is 24.8. The molecule has 0 fully saturated rings. The van der Waals surface area contributed by atoms with Gasteiger partial charge >= 0.3 is 0 Å². The fourth-order valence-electron chi connectivity index (χ4n) is 3.42. The summed E-state index contributed by atoms with van der Waals surface area (Å²) in [6.07, 6.45) is 1.72. The number of nitrogens with zero attached hydrogens (tertiary/aromatic N) is 3. The molecule has 0 radical (unpaired) electrons. The van der Waals surface area contributed by atoms with Crippen molar-refractivity contribution in [2.75, 3.05) is 11.1 Å². The van der Waals surface area contributed by atoms with Crippen molar-refractivity contribution >= 4 is 63.5 Å². The molecule has 0 aliphatic carbocycles. The van der Waals surface area contributed by atoms with Gasteiger partial charge in [-0.15, -0.1) is 16.8 Å². The van der Waals surface area contributed by atoms with E-state index in [0.29, 0.717) is 28.1 Å². The molecule has 2 amide bonds. The van der Waals surface area contributed by atoms with Gasteiger partial charge in [0.15, 0.2) is 11.0 Å². The minimum Gasteiger partial charge on any atom is -0.342 e.